The van der Waals surface area contributed by atoms with Crippen LogP contribution >= 0.6 is 0 Å². The molecule has 18 heteroatoms. The van der Waals surface area contributed by atoms with Crippen molar-refractivity contribution >= 4 is 16.9 Å². The molecular formula is C27H28O18. The van der Waals surface area contributed by atoms with Gasteiger partial charge in [0.1, 0.15) is 59.1 Å². The molecule has 0 radical (unpaired) electrons. The molecule has 2 saturated heterocycles. The molecule has 5 rings (SSSR count). The molecule has 0 amide bonds. The van der Waals surface area contributed by atoms with Crippen molar-refractivity contribution in [3.8, 4) is 40.1 Å². The molecule has 0 saturated carbocycles. The second-order valence-electron chi connectivity index (χ2n) is 10.3. The lowest BCUT2D eigenvalue weighted by molar-refractivity contribution is -0.354. The molecule has 3 aromatic rings. The monoisotopic (exact) mass is 640 g/mol. The van der Waals surface area contributed by atoms with Gasteiger partial charge in [-0.05, 0) is 18.2 Å². The lowest BCUT2D eigenvalue weighted by Gasteiger charge is -2.45. The number of carboxylic acid groups (broad SMARTS) is 1. The predicted molar refractivity (Wildman–Crippen MR) is 142 cm³/mol. The molecule has 10 atom stereocenters. The first-order valence-corrected chi connectivity index (χ1v) is 13.2. The van der Waals surface area contributed by atoms with E-state index < -0.39 is 119 Å². The van der Waals surface area contributed by atoms with Gasteiger partial charge in [0.2, 0.25) is 17.5 Å². The zero-order valence-corrected chi connectivity index (χ0v) is 22.6. The minimum atomic E-state index is -2.21. The van der Waals surface area contributed by atoms with Crippen LogP contribution in [0.2, 0.25) is 0 Å². The number of aliphatic hydroxyl groups excluding tert-OH is 6. The van der Waals surface area contributed by atoms with E-state index in [2.05, 4.69) is 0 Å². The fraction of sp³-hybridized carbons (Fsp3) is 0.407. The van der Waals surface area contributed by atoms with Crippen LogP contribution in [0.1, 0.15) is 0 Å². The van der Waals surface area contributed by atoms with Gasteiger partial charge < -0.3 is 79.5 Å². The van der Waals surface area contributed by atoms with Gasteiger partial charge in [-0.2, -0.15) is 0 Å². The number of carbonyl (C=O) groups is 1. The number of carboxylic acids is 1. The van der Waals surface area contributed by atoms with Crippen LogP contribution in [-0.4, -0.2) is 130 Å². The van der Waals surface area contributed by atoms with Crippen molar-refractivity contribution in [2.45, 2.75) is 61.4 Å². The number of aromatic hydroxyl groups is 4. The number of aliphatic hydroxyl groups is 6. The summed E-state index contributed by atoms with van der Waals surface area (Å²) in [4.78, 5) is 25.6. The normalized spacial score (nSPS) is 32.0. The minimum absolute atomic E-state index is 0.139. The lowest BCUT2D eigenvalue weighted by atomic mass is 9.97. The number of fused-ring (bicyclic) bond motifs is 1. The topological polar surface area (TPSA) is 307 Å². The smallest absolute Gasteiger partial charge is 0.335 e. The summed E-state index contributed by atoms with van der Waals surface area (Å²) in [5, 5.41) is 111. The van der Waals surface area contributed by atoms with Crippen LogP contribution in [-0.2, 0) is 19.0 Å². The second kappa shape index (κ2) is 12.3. The first-order chi connectivity index (χ1) is 21.2. The number of phenols is 4. The van der Waals surface area contributed by atoms with Crippen molar-refractivity contribution in [3.05, 3.63) is 40.6 Å². The first kappa shape index (κ1) is 32.2. The van der Waals surface area contributed by atoms with E-state index in [9.17, 15) is 65.8 Å². The fourth-order valence-corrected chi connectivity index (χ4v) is 4.96. The second-order valence-corrected chi connectivity index (χ2v) is 10.3. The third-order valence-electron chi connectivity index (χ3n) is 7.32. The summed E-state index contributed by atoms with van der Waals surface area (Å²) in [7, 11) is 0. The minimum Gasteiger partial charge on any atom is -0.508 e. The van der Waals surface area contributed by atoms with Gasteiger partial charge in [0.25, 0.3) is 0 Å². The Morgan fingerprint density at radius 1 is 0.800 bits per heavy atom. The molecule has 0 bridgehead atoms. The maximum atomic E-state index is 13.7. The van der Waals surface area contributed by atoms with Crippen LogP contribution in [0.5, 0.6) is 28.7 Å². The number of hydrogen-bond donors (Lipinski definition) is 11. The van der Waals surface area contributed by atoms with E-state index in [0.717, 1.165) is 30.3 Å². The zero-order valence-electron chi connectivity index (χ0n) is 22.6. The number of rotatable bonds is 7. The molecule has 45 heavy (non-hydrogen) atoms. The van der Waals surface area contributed by atoms with Crippen molar-refractivity contribution in [1.82, 2.24) is 0 Å². The molecule has 18 nitrogen and oxygen atoms in total. The summed E-state index contributed by atoms with van der Waals surface area (Å²) in [6.07, 6.45) is -20.0. The van der Waals surface area contributed by atoms with Gasteiger partial charge in [0.05, 0.1) is 6.61 Å². The van der Waals surface area contributed by atoms with Crippen LogP contribution in [0.25, 0.3) is 22.3 Å². The van der Waals surface area contributed by atoms with Crippen molar-refractivity contribution < 1.29 is 84.3 Å². The summed E-state index contributed by atoms with van der Waals surface area (Å²) < 4.78 is 27.6. The van der Waals surface area contributed by atoms with Crippen molar-refractivity contribution in [2.24, 2.45) is 0 Å². The number of phenolic OH excluding ortho intramolecular Hbond substituents is 4. The fourth-order valence-electron chi connectivity index (χ4n) is 4.96. The van der Waals surface area contributed by atoms with E-state index in [1.165, 1.54) is 0 Å². The Morgan fingerprint density at radius 3 is 2.16 bits per heavy atom. The highest BCUT2D eigenvalue weighted by Gasteiger charge is 2.53. The molecule has 1 aromatic heterocycles. The highest BCUT2D eigenvalue weighted by atomic mass is 16.8. The van der Waals surface area contributed by atoms with E-state index in [1.807, 2.05) is 0 Å². The Bertz CT molecular complexity index is 1640. The van der Waals surface area contributed by atoms with Gasteiger partial charge in [-0.1, -0.05) is 0 Å². The van der Waals surface area contributed by atoms with E-state index in [0.29, 0.717) is 0 Å². The zero-order chi connectivity index (χ0) is 32.9. The van der Waals surface area contributed by atoms with Crippen LogP contribution in [0.15, 0.2) is 39.5 Å². The van der Waals surface area contributed by atoms with Crippen LogP contribution in [0.3, 0.4) is 0 Å². The SMILES string of the molecule is O=C(O)C1OC(Oc2c(-c3ccc(O)c(O)c3)oc3cc(O)cc(O)c3c2=O)C(OC2OC(CO)C(O)C(O)C2O)C(O)C1O. The van der Waals surface area contributed by atoms with Gasteiger partial charge >= 0.3 is 5.97 Å². The summed E-state index contributed by atoms with van der Waals surface area (Å²) in [6.45, 7) is -0.863. The lowest BCUT2D eigenvalue weighted by Crippen LogP contribution is -2.65. The third kappa shape index (κ3) is 5.81. The number of ether oxygens (including phenoxy) is 4. The van der Waals surface area contributed by atoms with Gasteiger partial charge in [-0.15, -0.1) is 0 Å². The summed E-state index contributed by atoms with van der Waals surface area (Å²) >= 11 is 0. The van der Waals surface area contributed by atoms with Gasteiger partial charge in [-0.3, -0.25) is 4.79 Å². The van der Waals surface area contributed by atoms with E-state index >= 15 is 0 Å². The summed E-state index contributed by atoms with van der Waals surface area (Å²) in [5.74, 6) is -5.71. The third-order valence-corrected chi connectivity index (χ3v) is 7.32. The van der Waals surface area contributed by atoms with Crippen LogP contribution in [0, 0.1) is 0 Å². The molecule has 244 valence electrons. The van der Waals surface area contributed by atoms with Gasteiger partial charge in [-0.25, -0.2) is 4.79 Å². The number of hydrogen-bond acceptors (Lipinski definition) is 17. The highest BCUT2D eigenvalue weighted by Crippen LogP contribution is 2.40. The summed E-state index contributed by atoms with van der Waals surface area (Å²) in [6, 6.07) is 4.89. The Kier molecular flexibility index (Phi) is 8.77. The largest absolute Gasteiger partial charge is 0.508 e. The molecule has 2 aromatic carbocycles. The Hall–Kier alpha value is -4.24. The standard InChI is InChI=1S/C27H28O18/c28-6-13-15(33)17(35)20(38)26(42-13)45-24-19(37)18(36)23(25(39)40)44-27(24)43-22-16(34)14-11(32)4-8(29)5-12(14)41-21(22)7-1-2-9(30)10(31)3-7/h1-5,13,15,17-20,23-24,26-33,35-38H,6H2,(H,39,40). The van der Waals surface area contributed by atoms with E-state index in [1.54, 1.807) is 0 Å². The molecule has 3 heterocycles. The number of benzene rings is 2. The van der Waals surface area contributed by atoms with E-state index in [-0.39, 0.29) is 11.1 Å². The molecule has 2 fully saturated rings. The molecule has 0 spiro atoms. The Morgan fingerprint density at radius 2 is 1.51 bits per heavy atom. The van der Waals surface area contributed by atoms with Gasteiger partial charge in [0.15, 0.2) is 35.8 Å². The average molecular weight is 641 g/mol. The highest BCUT2D eigenvalue weighted by molar-refractivity contribution is 5.88. The maximum absolute atomic E-state index is 13.7. The summed E-state index contributed by atoms with van der Waals surface area (Å²) in [5.41, 5.74) is -1.68. The van der Waals surface area contributed by atoms with E-state index in [4.69, 9.17) is 23.4 Å². The number of aliphatic carboxylic acids is 1. The van der Waals surface area contributed by atoms with Crippen LogP contribution in [0.4, 0.5) is 0 Å². The van der Waals surface area contributed by atoms with Crippen molar-refractivity contribution in [3.63, 3.8) is 0 Å². The molecule has 2 aliphatic rings. The Labute approximate surface area is 250 Å². The van der Waals surface area contributed by atoms with Gasteiger partial charge in [0, 0.05) is 17.7 Å². The molecule has 0 aliphatic carbocycles. The quantitative estimate of drug-likeness (QED) is 0.118. The first-order valence-electron chi connectivity index (χ1n) is 13.2. The molecule has 2 aliphatic heterocycles. The predicted octanol–water partition coefficient (Wildman–Crippen LogP) is -2.62. The van der Waals surface area contributed by atoms with Crippen molar-refractivity contribution in [1.29, 1.82) is 0 Å². The van der Waals surface area contributed by atoms with Crippen LogP contribution < -0.4 is 10.2 Å². The molecule has 11 N–H and O–H groups in total. The molecular weight excluding hydrogens is 612 g/mol. The average Bonchev–Trinajstić information content (AvgIpc) is 2.98. The maximum Gasteiger partial charge on any atom is 0.335 e. The van der Waals surface area contributed by atoms with Crippen molar-refractivity contribution in [2.75, 3.05) is 6.61 Å². The Balaban J connectivity index is 1.63. The molecule has 10 unspecified atom stereocenters.